The Balaban J connectivity index is 1.91. The van der Waals surface area contributed by atoms with Gasteiger partial charge in [0.15, 0.2) is 0 Å². The third-order valence-electron chi connectivity index (χ3n) is 3.82. The van der Waals surface area contributed by atoms with Gasteiger partial charge >= 0.3 is 0 Å². The molecule has 0 fully saturated rings. The van der Waals surface area contributed by atoms with E-state index in [-0.39, 0.29) is 11.9 Å². The molecule has 3 heteroatoms. The Hall–Kier alpha value is -1.51. The molecule has 1 atom stereocenters. The lowest BCUT2D eigenvalue weighted by molar-refractivity contribution is -0.131. The van der Waals surface area contributed by atoms with Crippen molar-refractivity contribution in [2.75, 3.05) is 18.9 Å². The van der Waals surface area contributed by atoms with Crippen LogP contribution in [0.1, 0.15) is 38.2 Å². The van der Waals surface area contributed by atoms with Crippen LogP contribution in [0, 0.1) is 0 Å². The molecular weight excluding hydrogens is 236 g/mol. The number of anilines is 1. The molecule has 0 spiro atoms. The van der Waals surface area contributed by atoms with Crippen molar-refractivity contribution in [1.82, 2.24) is 4.90 Å². The Morgan fingerprint density at radius 2 is 2.16 bits per heavy atom. The molecule has 0 radical (unpaired) electrons. The molecule has 2 rings (SSSR count). The topological polar surface area (TPSA) is 32.3 Å². The minimum atomic E-state index is -0.0541. The number of likely N-dealkylation sites (N-methyl/N-ethyl adjacent to an activating group) is 1. The summed E-state index contributed by atoms with van der Waals surface area (Å²) in [6.45, 7) is 3.05. The highest BCUT2D eigenvalue weighted by molar-refractivity contribution is 5.85. The summed E-state index contributed by atoms with van der Waals surface area (Å²) in [5, 5.41) is 3.38. The fourth-order valence-electron chi connectivity index (χ4n) is 2.60. The molecule has 1 amide bonds. The number of nitrogens with zero attached hydrogens (tertiary/aromatic N) is 1. The molecule has 0 bridgehead atoms. The molecule has 0 aliphatic carbocycles. The molecule has 1 aliphatic rings. The molecule has 1 aliphatic heterocycles. The monoisotopic (exact) mass is 260 g/mol. The number of carbonyl (C=O) groups excluding carboxylic acids is 1. The number of hydrogen-bond donors (Lipinski definition) is 1. The summed E-state index contributed by atoms with van der Waals surface area (Å²) in [4.78, 5) is 14.2. The van der Waals surface area contributed by atoms with Gasteiger partial charge in [0.25, 0.3) is 0 Å². The van der Waals surface area contributed by atoms with Crippen LogP contribution in [0.3, 0.4) is 0 Å². The normalized spacial score (nSPS) is 17.5. The minimum absolute atomic E-state index is 0.0541. The van der Waals surface area contributed by atoms with E-state index in [4.69, 9.17) is 0 Å². The number of nitrogens with one attached hydrogen (secondary N) is 1. The zero-order chi connectivity index (χ0) is 13.7. The van der Waals surface area contributed by atoms with Crippen molar-refractivity contribution >= 4 is 11.6 Å². The first kappa shape index (κ1) is 13.9. The highest BCUT2D eigenvalue weighted by Crippen LogP contribution is 2.24. The summed E-state index contributed by atoms with van der Waals surface area (Å²) in [5.74, 6) is 0.227. The van der Waals surface area contributed by atoms with E-state index in [2.05, 4.69) is 30.4 Å². The number of fused-ring (bicyclic) bond motifs is 1. The number of carbonyl (C=O) groups is 1. The number of hydrogen-bond acceptors (Lipinski definition) is 2. The number of unbranched alkanes of at least 4 members (excludes halogenated alkanes) is 2. The second kappa shape index (κ2) is 6.60. The molecule has 0 aromatic heterocycles. The molecule has 104 valence electrons. The summed E-state index contributed by atoms with van der Waals surface area (Å²) in [5.41, 5.74) is 2.44. The van der Waals surface area contributed by atoms with Gasteiger partial charge < -0.3 is 10.2 Å². The van der Waals surface area contributed by atoms with Gasteiger partial charge in [-0.2, -0.15) is 0 Å². The van der Waals surface area contributed by atoms with Gasteiger partial charge in [-0.15, -0.1) is 0 Å². The van der Waals surface area contributed by atoms with E-state index in [1.807, 2.05) is 18.0 Å². The van der Waals surface area contributed by atoms with Crippen LogP contribution in [0.15, 0.2) is 24.3 Å². The first-order valence-corrected chi connectivity index (χ1v) is 7.31. The molecule has 1 aromatic carbocycles. The molecule has 1 unspecified atom stereocenters. The highest BCUT2D eigenvalue weighted by Gasteiger charge is 2.25. The maximum Gasteiger partial charge on any atom is 0.244 e. The van der Waals surface area contributed by atoms with Crippen molar-refractivity contribution in [2.45, 2.75) is 45.1 Å². The Morgan fingerprint density at radius 3 is 2.95 bits per heavy atom. The molecular formula is C16H24N2O. The van der Waals surface area contributed by atoms with Crippen molar-refractivity contribution < 1.29 is 4.79 Å². The van der Waals surface area contributed by atoms with Crippen LogP contribution in [0.4, 0.5) is 5.69 Å². The third-order valence-corrected chi connectivity index (χ3v) is 3.82. The maximum atomic E-state index is 12.4. The molecule has 0 saturated heterocycles. The van der Waals surface area contributed by atoms with Crippen LogP contribution >= 0.6 is 0 Å². The van der Waals surface area contributed by atoms with E-state index in [1.54, 1.807) is 0 Å². The van der Waals surface area contributed by atoms with E-state index >= 15 is 0 Å². The Bertz CT molecular complexity index is 431. The van der Waals surface area contributed by atoms with Crippen molar-refractivity contribution in [1.29, 1.82) is 0 Å². The SMILES string of the molecule is CCCCCN(C)C(=O)C1CCc2ccccc2N1. The summed E-state index contributed by atoms with van der Waals surface area (Å²) in [6.07, 6.45) is 5.37. The number of benzene rings is 1. The smallest absolute Gasteiger partial charge is 0.244 e. The van der Waals surface area contributed by atoms with Crippen LogP contribution in [0.25, 0.3) is 0 Å². The number of amides is 1. The number of para-hydroxylation sites is 1. The van der Waals surface area contributed by atoms with Crippen molar-refractivity contribution in [2.24, 2.45) is 0 Å². The number of rotatable bonds is 5. The standard InChI is InChI=1S/C16H24N2O/c1-3-4-7-12-18(2)16(19)15-11-10-13-8-5-6-9-14(13)17-15/h5-6,8-9,15,17H,3-4,7,10-12H2,1-2H3. The largest absolute Gasteiger partial charge is 0.373 e. The van der Waals surface area contributed by atoms with Crippen molar-refractivity contribution in [3.63, 3.8) is 0 Å². The van der Waals surface area contributed by atoms with Crippen molar-refractivity contribution in [3.05, 3.63) is 29.8 Å². The molecule has 1 aromatic rings. The van der Waals surface area contributed by atoms with Crippen LogP contribution < -0.4 is 5.32 Å². The first-order valence-electron chi connectivity index (χ1n) is 7.31. The zero-order valence-corrected chi connectivity index (χ0v) is 12.0. The van der Waals surface area contributed by atoms with Crippen molar-refractivity contribution in [3.8, 4) is 0 Å². The van der Waals surface area contributed by atoms with E-state index < -0.39 is 0 Å². The first-order chi connectivity index (χ1) is 9.22. The molecule has 0 saturated carbocycles. The summed E-state index contributed by atoms with van der Waals surface area (Å²) >= 11 is 0. The van der Waals surface area contributed by atoms with Gasteiger partial charge in [-0.05, 0) is 30.9 Å². The van der Waals surface area contributed by atoms with Gasteiger partial charge in [0.2, 0.25) is 5.91 Å². The Morgan fingerprint density at radius 1 is 1.37 bits per heavy atom. The fraction of sp³-hybridized carbons (Fsp3) is 0.562. The quantitative estimate of drug-likeness (QED) is 0.825. The molecule has 3 nitrogen and oxygen atoms in total. The molecule has 1 heterocycles. The van der Waals surface area contributed by atoms with Gasteiger partial charge in [0.1, 0.15) is 6.04 Å². The zero-order valence-electron chi connectivity index (χ0n) is 12.0. The van der Waals surface area contributed by atoms with E-state index in [0.29, 0.717) is 0 Å². The summed E-state index contributed by atoms with van der Waals surface area (Å²) in [6, 6.07) is 8.21. The van der Waals surface area contributed by atoms with Gasteiger partial charge in [-0.3, -0.25) is 4.79 Å². The van der Waals surface area contributed by atoms with E-state index in [9.17, 15) is 4.79 Å². The maximum absolute atomic E-state index is 12.4. The third kappa shape index (κ3) is 3.49. The van der Waals surface area contributed by atoms with E-state index in [1.165, 1.54) is 18.4 Å². The molecule has 1 N–H and O–H groups in total. The van der Waals surface area contributed by atoms with Gasteiger partial charge in [0, 0.05) is 19.3 Å². The summed E-state index contributed by atoms with van der Waals surface area (Å²) < 4.78 is 0. The van der Waals surface area contributed by atoms with Gasteiger partial charge in [-0.1, -0.05) is 38.0 Å². The lowest BCUT2D eigenvalue weighted by atomic mass is 9.97. The van der Waals surface area contributed by atoms with Crippen LogP contribution in [0.5, 0.6) is 0 Å². The summed E-state index contributed by atoms with van der Waals surface area (Å²) in [7, 11) is 1.92. The van der Waals surface area contributed by atoms with Gasteiger partial charge in [0.05, 0.1) is 0 Å². The van der Waals surface area contributed by atoms with Crippen LogP contribution in [0.2, 0.25) is 0 Å². The lowest BCUT2D eigenvalue weighted by Gasteiger charge is -2.29. The highest BCUT2D eigenvalue weighted by atomic mass is 16.2. The molecule has 19 heavy (non-hydrogen) atoms. The number of aryl methyl sites for hydroxylation is 1. The lowest BCUT2D eigenvalue weighted by Crippen LogP contribution is -2.43. The van der Waals surface area contributed by atoms with Gasteiger partial charge in [-0.25, -0.2) is 0 Å². The second-order valence-corrected chi connectivity index (χ2v) is 5.36. The average Bonchev–Trinajstić information content (AvgIpc) is 2.46. The Kier molecular flexibility index (Phi) is 4.83. The van der Waals surface area contributed by atoms with Crippen LogP contribution in [-0.4, -0.2) is 30.4 Å². The van der Waals surface area contributed by atoms with Crippen LogP contribution in [-0.2, 0) is 11.2 Å². The second-order valence-electron chi connectivity index (χ2n) is 5.36. The Labute approximate surface area is 116 Å². The predicted molar refractivity (Wildman–Crippen MR) is 79.3 cm³/mol. The minimum Gasteiger partial charge on any atom is -0.373 e. The average molecular weight is 260 g/mol. The van der Waals surface area contributed by atoms with E-state index in [0.717, 1.165) is 31.5 Å². The predicted octanol–water partition coefficient (Wildman–Crippen LogP) is 3.06. The fourth-order valence-corrected chi connectivity index (χ4v) is 2.60.